The molecule has 3 atom stereocenters. The van der Waals surface area contributed by atoms with E-state index in [0.29, 0.717) is 12.8 Å². The van der Waals surface area contributed by atoms with Crippen LogP contribution in [0.25, 0.3) is 11.1 Å². The van der Waals surface area contributed by atoms with Crippen molar-refractivity contribution < 1.29 is 13.9 Å². The molecule has 2 heterocycles. The third kappa shape index (κ3) is 4.49. The lowest BCUT2D eigenvalue weighted by Crippen LogP contribution is -2.47. The maximum Gasteiger partial charge on any atom is 0.411 e. The highest BCUT2D eigenvalue weighted by molar-refractivity contribution is 5.70. The van der Waals surface area contributed by atoms with E-state index >= 15 is 0 Å². The third-order valence-corrected chi connectivity index (χ3v) is 5.94. The van der Waals surface area contributed by atoms with Crippen LogP contribution in [-0.2, 0) is 4.74 Å². The molecule has 1 aliphatic rings. The van der Waals surface area contributed by atoms with E-state index in [0.717, 1.165) is 22.3 Å². The van der Waals surface area contributed by atoms with Crippen LogP contribution in [0.4, 0.5) is 9.18 Å². The van der Waals surface area contributed by atoms with E-state index in [1.807, 2.05) is 37.3 Å². The largest absolute Gasteiger partial charge is 0.441 e. The highest BCUT2D eigenvalue weighted by Crippen LogP contribution is 2.37. The number of hydrogen-bond donors (Lipinski definition) is 1. The summed E-state index contributed by atoms with van der Waals surface area (Å²) in [5.74, 6) is -0.320. The molecule has 32 heavy (non-hydrogen) atoms. The highest BCUT2D eigenvalue weighted by atomic mass is 19.1. The summed E-state index contributed by atoms with van der Waals surface area (Å²) in [5, 5.41) is 0. The van der Waals surface area contributed by atoms with E-state index < -0.39 is 12.2 Å². The Morgan fingerprint density at radius 2 is 1.78 bits per heavy atom. The van der Waals surface area contributed by atoms with Gasteiger partial charge in [-0.1, -0.05) is 42.5 Å². The summed E-state index contributed by atoms with van der Waals surface area (Å²) in [4.78, 5) is 28.8. The molecule has 4 rings (SSSR count). The Morgan fingerprint density at radius 1 is 1.09 bits per heavy atom. The van der Waals surface area contributed by atoms with Gasteiger partial charge in [-0.25, -0.2) is 9.18 Å². The first-order valence-electron chi connectivity index (χ1n) is 10.6. The van der Waals surface area contributed by atoms with E-state index in [4.69, 9.17) is 4.74 Å². The first kappa shape index (κ1) is 21.6. The summed E-state index contributed by atoms with van der Waals surface area (Å²) in [6, 6.07) is 17.0. The number of amides is 1. The van der Waals surface area contributed by atoms with Gasteiger partial charge in [0.2, 0.25) is 5.56 Å². The first-order valence-corrected chi connectivity index (χ1v) is 10.6. The van der Waals surface area contributed by atoms with Crippen LogP contribution in [0.15, 0.2) is 84.3 Å². The molecule has 164 valence electrons. The van der Waals surface area contributed by atoms with Crippen LogP contribution in [0.2, 0.25) is 0 Å². The summed E-state index contributed by atoms with van der Waals surface area (Å²) in [6.45, 7) is 5.83. The number of cyclic esters (lactones) is 1. The van der Waals surface area contributed by atoms with Crippen LogP contribution in [0.1, 0.15) is 43.0 Å². The zero-order valence-electron chi connectivity index (χ0n) is 17.8. The van der Waals surface area contributed by atoms with Crippen molar-refractivity contribution in [3.05, 3.63) is 107 Å². The van der Waals surface area contributed by atoms with Gasteiger partial charge in [-0.2, -0.15) is 0 Å². The molecule has 0 aliphatic carbocycles. The van der Waals surface area contributed by atoms with Gasteiger partial charge in [-0.15, -0.1) is 6.58 Å². The van der Waals surface area contributed by atoms with E-state index in [1.165, 1.54) is 18.2 Å². The smallest absolute Gasteiger partial charge is 0.411 e. The van der Waals surface area contributed by atoms with Crippen molar-refractivity contribution >= 4 is 6.09 Å². The molecule has 1 aliphatic heterocycles. The van der Waals surface area contributed by atoms with Crippen molar-refractivity contribution in [2.24, 2.45) is 0 Å². The van der Waals surface area contributed by atoms with Crippen molar-refractivity contribution in [1.82, 2.24) is 9.88 Å². The fourth-order valence-corrected chi connectivity index (χ4v) is 4.20. The molecule has 3 aromatic rings. The number of aromatic amines is 1. The van der Waals surface area contributed by atoms with Crippen molar-refractivity contribution in [1.29, 1.82) is 0 Å². The van der Waals surface area contributed by atoms with E-state index in [9.17, 15) is 14.0 Å². The van der Waals surface area contributed by atoms with Crippen molar-refractivity contribution in [2.45, 2.75) is 38.0 Å². The Balaban J connectivity index is 1.55. The monoisotopic (exact) mass is 432 g/mol. The number of aromatic nitrogens is 1. The lowest BCUT2D eigenvalue weighted by atomic mass is 9.94. The average molecular weight is 432 g/mol. The van der Waals surface area contributed by atoms with Gasteiger partial charge in [-0.3, -0.25) is 9.69 Å². The van der Waals surface area contributed by atoms with Crippen LogP contribution in [0.5, 0.6) is 0 Å². The van der Waals surface area contributed by atoms with Gasteiger partial charge in [0.25, 0.3) is 0 Å². The summed E-state index contributed by atoms with van der Waals surface area (Å²) in [5.41, 5.74) is 3.50. The second-order valence-electron chi connectivity index (χ2n) is 7.98. The van der Waals surface area contributed by atoms with Crippen LogP contribution in [0.3, 0.4) is 0 Å². The summed E-state index contributed by atoms with van der Waals surface area (Å²) in [6.07, 6.45) is 3.91. The number of nitrogens with zero attached hydrogens (tertiary/aromatic N) is 1. The second-order valence-corrected chi connectivity index (χ2v) is 7.98. The van der Waals surface area contributed by atoms with Gasteiger partial charge in [0.05, 0.1) is 6.04 Å². The zero-order chi connectivity index (χ0) is 22.7. The topological polar surface area (TPSA) is 62.4 Å². The maximum atomic E-state index is 13.3. The van der Waals surface area contributed by atoms with E-state index in [1.54, 1.807) is 29.3 Å². The number of hydrogen-bond acceptors (Lipinski definition) is 3. The highest BCUT2D eigenvalue weighted by Gasteiger charge is 2.38. The minimum atomic E-state index is -0.417. The number of nitrogens with one attached hydrogen (secondary N) is 1. The molecular weight excluding hydrogens is 407 g/mol. The Morgan fingerprint density at radius 3 is 2.41 bits per heavy atom. The number of halogens is 1. The molecule has 0 saturated carbocycles. The van der Waals surface area contributed by atoms with Gasteiger partial charge in [0.15, 0.2) is 0 Å². The molecule has 2 aromatic carbocycles. The maximum absolute atomic E-state index is 13.3. The minimum Gasteiger partial charge on any atom is -0.441 e. The molecule has 2 unspecified atom stereocenters. The zero-order valence-corrected chi connectivity index (χ0v) is 17.8. The number of ether oxygens (including phenoxy) is 1. The Hall–Kier alpha value is -3.67. The molecule has 0 radical (unpaired) electrons. The van der Waals surface area contributed by atoms with Crippen LogP contribution < -0.4 is 5.56 Å². The number of carbonyl (C=O) groups is 1. The summed E-state index contributed by atoms with van der Waals surface area (Å²) < 4.78 is 19.0. The summed E-state index contributed by atoms with van der Waals surface area (Å²) in [7, 11) is 0. The number of benzene rings is 2. The van der Waals surface area contributed by atoms with Crippen LogP contribution in [-0.4, -0.2) is 22.0 Å². The first-order chi connectivity index (χ1) is 15.5. The lowest BCUT2D eigenvalue weighted by molar-refractivity contribution is -0.0157. The van der Waals surface area contributed by atoms with E-state index in [2.05, 4.69) is 11.6 Å². The van der Waals surface area contributed by atoms with Crippen molar-refractivity contribution in [3.8, 4) is 11.1 Å². The average Bonchev–Trinajstić information content (AvgIpc) is 2.80. The van der Waals surface area contributed by atoms with Crippen LogP contribution >= 0.6 is 0 Å². The van der Waals surface area contributed by atoms with Gasteiger partial charge in [-0.05, 0) is 53.8 Å². The predicted octanol–water partition coefficient (Wildman–Crippen LogP) is 5.77. The van der Waals surface area contributed by atoms with Gasteiger partial charge < -0.3 is 9.72 Å². The third-order valence-electron chi connectivity index (χ3n) is 5.94. The normalized spacial score (nSPS) is 19.3. The molecule has 1 amide bonds. The second kappa shape index (κ2) is 9.22. The molecular formula is C26H25FN2O3. The van der Waals surface area contributed by atoms with Crippen LogP contribution in [0, 0.1) is 5.82 Å². The quantitative estimate of drug-likeness (QED) is 0.503. The molecule has 0 spiro atoms. The van der Waals surface area contributed by atoms with Crippen molar-refractivity contribution in [2.75, 3.05) is 0 Å². The number of H-pyrrole nitrogens is 1. The SMILES string of the molecule is C=CCC1CC(c2ccc(F)cc2)OC(=O)N1[C@@H](C)c1ccc(-c2ccc(=O)[nH]c2)cc1. The van der Waals surface area contributed by atoms with Gasteiger partial charge in [0, 0.05) is 24.7 Å². The minimum absolute atomic E-state index is 0.0855. The lowest BCUT2D eigenvalue weighted by Gasteiger charge is -2.42. The molecule has 5 nitrogen and oxygen atoms in total. The Bertz CT molecular complexity index is 1130. The Kier molecular flexibility index (Phi) is 6.21. The summed E-state index contributed by atoms with van der Waals surface area (Å²) >= 11 is 0. The fourth-order valence-electron chi connectivity index (χ4n) is 4.20. The number of pyridine rings is 1. The van der Waals surface area contributed by atoms with Crippen molar-refractivity contribution in [3.63, 3.8) is 0 Å². The molecule has 1 fully saturated rings. The van der Waals surface area contributed by atoms with E-state index in [-0.39, 0.29) is 23.5 Å². The predicted molar refractivity (Wildman–Crippen MR) is 122 cm³/mol. The molecule has 1 saturated heterocycles. The number of carbonyl (C=O) groups excluding carboxylic acids is 1. The standard InChI is InChI=1S/C26H25FN2O3/c1-3-4-23-15-24(20-9-12-22(27)13-10-20)32-26(31)29(23)17(2)18-5-7-19(8-6-18)21-11-14-25(30)28-16-21/h3,5-14,16-17,23-24H,1,4,15H2,2H3,(H,28,30)/t17-,23?,24?/m0/s1. The molecule has 6 heteroatoms. The molecule has 1 aromatic heterocycles. The number of rotatable bonds is 6. The Labute approximate surface area is 186 Å². The molecule has 0 bridgehead atoms. The van der Waals surface area contributed by atoms with Gasteiger partial charge >= 0.3 is 6.09 Å². The molecule has 1 N–H and O–H groups in total. The van der Waals surface area contributed by atoms with Gasteiger partial charge in [0.1, 0.15) is 11.9 Å². The fraction of sp³-hybridized carbons (Fsp3) is 0.231.